The third kappa shape index (κ3) is 4.24. The number of fused-ring (bicyclic) bond motifs is 1. The van der Waals surface area contributed by atoms with Gasteiger partial charge in [0, 0.05) is 41.1 Å². The van der Waals surface area contributed by atoms with Gasteiger partial charge in [-0.25, -0.2) is 4.79 Å². The molecule has 0 aliphatic rings. The summed E-state index contributed by atoms with van der Waals surface area (Å²) in [5, 5.41) is 31.5. The number of nitrogens with zero attached hydrogens (tertiary/aromatic N) is 1. The van der Waals surface area contributed by atoms with Crippen LogP contribution in [0.25, 0.3) is 33.4 Å². The number of phenols is 2. The van der Waals surface area contributed by atoms with E-state index in [1.807, 2.05) is 30.3 Å². The van der Waals surface area contributed by atoms with E-state index in [1.165, 1.54) is 13.0 Å². The number of H-pyrrole nitrogens is 1. The van der Waals surface area contributed by atoms with Crippen molar-refractivity contribution in [3.05, 3.63) is 94.5 Å². The Morgan fingerprint density at radius 3 is 2.54 bits per heavy atom. The molecular formula is C27H21N3O5. The maximum Gasteiger partial charge on any atom is 0.344 e. The van der Waals surface area contributed by atoms with Crippen molar-refractivity contribution in [2.24, 2.45) is 0 Å². The van der Waals surface area contributed by atoms with E-state index < -0.39 is 5.63 Å². The Hall–Kier alpha value is -4.85. The van der Waals surface area contributed by atoms with Gasteiger partial charge in [0.25, 0.3) is 0 Å². The van der Waals surface area contributed by atoms with Crippen LogP contribution in [0.15, 0.2) is 82.1 Å². The lowest BCUT2D eigenvalue weighted by Crippen LogP contribution is -2.05. The molecule has 0 fully saturated rings. The minimum atomic E-state index is -0.511. The highest BCUT2D eigenvalue weighted by Crippen LogP contribution is 2.36. The molecule has 8 heteroatoms. The van der Waals surface area contributed by atoms with Crippen LogP contribution in [0.5, 0.6) is 11.5 Å². The van der Waals surface area contributed by atoms with Gasteiger partial charge in [-0.3, -0.25) is 9.89 Å². The Morgan fingerprint density at radius 1 is 1.00 bits per heavy atom. The largest absolute Gasteiger partial charge is 0.508 e. The molecule has 5 rings (SSSR count). The number of carbonyl (C=O) groups is 1. The fourth-order valence-electron chi connectivity index (χ4n) is 4.11. The van der Waals surface area contributed by atoms with E-state index in [0.717, 1.165) is 5.56 Å². The first-order valence-electron chi connectivity index (χ1n) is 10.9. The molecule has 0 radical (unpaired) electrons. The van der Waals surface area contributed by atoms with Gasteiger partial charge in [-0.15, -0.1) is 0 Å². The molecule has 0 unspecified atom stereocenters. The number of benzene rings is 3. The standard InChI is InChI=1S/C27H21N3O5/c1-15(31)29-19-8-10-23(32)21(13-19)25-18(14-28-30-25)12-22-24(33)9-7-17-11-20(27(34)35-26(17)22)16-5-3-2-4-6-16/h2-11,13-14,32-33H,12H2,1H3,(H,28,30)(H,29,31). The number of phenolic OH excluding ortho intramolecular Hbond substituents is 2. The summed E-state index contributed by atoms with van der Waals surface area (Å²) < 4.78 is 5.70. The van der Waals surface area contributed by atoms with Crippen LogP contribution in [0.3, 0.4) is 0 Å². The minimum absolute atomic E-state index is 0.00854. The van der Waals surface area contributed by atoms with Gasteiger partial charge in [0.1, 0.15) is 17.1 Å². The molecule has 2 heterocycles. The van der Waals surface area contributed by atoms with Gasteiger partial charge in [0.05, 0.1) is 17.5 Å². The Bertz CT molecular complexity index is 1620. The van der Waals surface area contributed by atoms with E-state index in [9.17, 15) is 19.8 Å². The van der Waals surface area contributed by atoms with Crippen molar-refractivity contribution in [3.63, 3.8) is 0 Å². The molecule has 8 nitrogen and oxygen atoms in total. The quantitative estimate of drug-likeness (QED) is 0.217. The molecule has 5 aromatic rings. The number of carbonyl (C=O) groups excluding carboxylic acids is 1. The van der Waals surface area contributed by atoms with E-state index in [-0.39, 0.29) is 29.4 Å². The average molecular weight is 467 g/mol. The summed E-state index contributed by atoms with van der Waals surface area (Å²) in [5.74, 6) is -0.278. The van der Waals surface area contributed by atoms with Crippen LogP contribution in [-0.4, -0.2) is 26.3 Å². The maximum absolute atomic E-state index is 12.8. The molecule has 0 aliphatic carbocycles. The van der Waals surface area contributed by atoms with Crippen LogP contribution in [0.1, 0.15) is 18.1 Å². The molecule has 0 atom stereocenters. The smallest absolute Gasteiger partial charge is 0.344 e. The highest BCUT2D eigenvalue weighted by atomic mass is 16.4. The van der Waals surface area contributed by atoms with Crippen LogP contribution >= 0.6 is 0 Å². The second-order valence-corrected chi connectivity index (χ2v) is 8.16. The number of rotatable bonds is 5. The number of anilines is 1. The Balaban J connectivity index is 1.59. The van der Waals surface area contributed by atoms with Gasteiger partial charge in [-0.05, 0) is 42.0 Å². The van der Waals surface area contributed by atoms with Crippen molar-refractivity contribution in [1.29, 1.82) is 0 Å². The molecule has 0 bridgehead atoms. The predicted octanol–water partition coefficient (Wildman–Crippen LogP) is 4.81. The molecule has 0 saturated heterocycles. The van der Waals surface area contributed by atoms with E-state index in [4.69, 9.17) is 4.42 Å². The molecule has 0 saturated carbocycles. The third-order valence-electron chi connectivity index (χ3n) is 5.74. The Labute approximate surface area is 199 Å². The number of nitrogens with one attached hydrogen (secondary N) is 2. The molecular weight excluding hydrogens is 446 g/mol. The zero-order valence-corrected chi connectivity index (χ0v) is 18.7. The summed E-state index contributed by atoms with van der Waals surface area (Å²) in [6.07, 6.45) is 1.75. The fraction of sp³-hybridized carbons (Fsp3) is 0.0741. The first kappa shape index (κ1) is 22.0. The second kappa shape index (κ2) is 8.83. The summed E-state index contributed by atoms with van der Waals surface area (Å²) in [7, 11) is 0. The van der Waals surface area contributed by atoms with E-state index in [0.29, 0.717) is 39.0 Å². The van der Waals surface area contributed by atoms with E-state index in [2.05, 4.69) is 15.5 Å². The molecule has 0 aliphatic heterocycles. The Morgan fingerprint density at radius 2 is 1.77 bits per heavy atom. The zero-order valence-electron chi connectivity index (χ0n) is 18.7. The SMILES string of the molecule is CC(=O)Nc1ccc(O)c(-c2[nH]ncc2Cc2c(O)ccc3cc(-c4ccccc4)c(=O)oc23)c1. The van der Waals surface area contributed by atoms with Crippen LogP contribution in [0, 0.1) is 0 Å². The minimum Gasteiger partial charge on any atom is -0.508 e. The number of aromatic hydroxyl groups is 2. The van der Waals surface area contributed by atoms with Crippen LogP contribution in [-0.2, 0) is 11.2 Å². The van der Waals surface area contributed by atoms with Gasteiger partial charge in [-0.1, -0.05) is 30.3 Å². The highest BCUT2D eigenvalue weighted by molar-refractivity contribution is 5.90. The molecule has 2 aromatic heterocycles. The summed E-state index contributed by atoms with van der Waals surface area (Å²) in [4.78, 5) is 24.3. The van der Waals surface area contributed by atoms with E-state index in [1.54, 1.807) is 36.5 Å². The van der Waals surface area contributed by atoms with Crippen molar-refractivity contribution in [3.8, 4) is 33.9 Å². The van der Waals surface area contributed by atoms with Crippen LogP contribution in [0.4, 0.5) is 5.69 Å². The topological polar surface area (TPSA) is 128 Å². The molecule has 0 spiro atoms. The number of amides is 1. The summed E-state index contributed by atoms with van der Waals surface area (Å²) >= 11 is 0. The van der Waals surface area contributed by atoms with Gasteiger partial charge < -0.3 is 19.9 Å². The maximum atomic E-state index is 12.8. The van der Waals surface area contributed by atoms with Gasteiger partial charge in [-0.2, -0.15) is 5.10 Å². The summed E-state index contributed by atoms with van der Waals surface area (Å²) in [5.41, 5.74) is 3.45. The molecule has 1 amide bonds. The molecule has 174 valence electrons. The van der Waals surface area contributed by atoms with Crippen molar-refractivity contribution < 1.29 is 19.4 Å². The van der Waals surface area contributed by atoms with Crippen LogP contribution in [0.2, 0.25) is 0 Å². The van der Waals surface area contributed by atoms with Crippen molar-refractivity contribution >= 4 is 22.6 Å². The first-order valence-corrected chi connectivity index (χ1v) is 10.9. The molecule has 4 N–H and O–H groups in total. The van der Waals surface area contributed by atoms with Gasteiger partial charge >= 0.3 is 5.63 Å². The van der Waals surface area contributed by atoms with E-state index >= 15 is 0 Å². The van der Waals surface area contributed by atoms with Crippen molar-refractivity contribution in [1.82, 2.24) is 10.2 Å². The Kier molecular flexibility index (Phi) is 5.54. The number of hydrogen-bond acceptors (Lipinski definition) is 6. The fourth-order valence-corrected chi connectivity index (χ4v) is 4.11. The highest BCUT2D eigenvalue weighted by Gasteiger charge is 2.19. The number of aromatic nitrogens is 2. The average Bonchev–Trinajstić information content (AvgIpc) is 3.30. The zero-order chi connectivity index (χ0) is 24.5. The second-order valence-electron chi connectivity index (χ2n) is 8.16. The molecule has 35 heavy (non-hydrogen) atoms. The summed E-state index contributed by atoms with van der Waals surface area (Å²) in [6.45, 7) is 1.40. The predicted molar refractivity (Wildman–Crippen MR) is 132 cm³/mol. The lowest BCUT2D eigenvalue weighted by molar-refractivity contribution is -0.114. The monoisotopic (exact) mass is 467 g/mol. The summed E-state index contributed by atoms with van der Waals surface area (Å²) in [6, 6.07) is 18.9. The van der Waals surface area contributed by atoms with Crippen molar-refractivity contribution in [2.45, 2.75) is 13.3 Å². The van der Waals surface area contributed by atoms with Gasteiger partial charge in [0.15, 0.2) is 0 Å². The molecule has 3 aromatic carbocycles. The number of hydrogen-bond donors (Lipinski definition) is 4. The van der Waals surface area contributed by atoms with Gasteiger partial charge in [0.2, 0.25) is 5.91 Å². The van der Waals surface area contributed by atoms with Crippen LogP contribution < -0.4 is 10.9 Å². The lowest BCUT2D eigenvalue weighted by atomic mass is 9.97. The normalized spacial score (nSPS) is 11.0. The first-order chi connectivity index (χ1) is 16.9. The lowest BCUT2D eigenvalue weighted by Gasteiger charge is -2.11. The third-order valence-corrected chi connectivity index (χ3v) is 5.74. The number of aromatic amines is 1. The van der Waals surface area contributed by atoms with Crippen molar-refractivity contribution in [2.75, 3.05) is 5.32 Å².